The number of sulfone groups is 1. The van der Waals surface area contributed by atoms with Crippen LogP contribution in [-0.4, -0.2) is 176 Å². The molecule has 0 saturated carbocycles. The standard InChI is InChI=1S/C61H70N8O18S3/c1-36(2)55(66-52(71)14-11-9-10-13-39-33-62-59(63-34-39)90(8,81)82)57(77)64-37(3)56(76)65-42-17-15-38(16-18-42)35-86-60(79)68(5)23-24-69(6)61(80)87-47-32-49-40(29-50(88-49)43(70)19-20-53(72)73)28-46(47)85-26-12-25-84-45-27-41-30-51(89-48(41)31-44(45)83-7)58(78)67(4)22-21-54(74)75/h15-18,27-34,36-37,55H,9,11-12,14,19-26,35H2,1-8H3,(H,64,77)(H,65,76)(H,66,71)(H,72,73)(H,74,75)/t37-,55-/m0/s1. The molecule has 0 spiro atoms. The highest BCUT2D eigenvalue weighted by Gasteiger charge is 2.28. The minimum atomic E-state index is -3.54. The van der Waals surface area contributed by atoms with Crippen LogP contribution >= 0.6 is 22.7 Å². The summed E-state index contributed by atoms with van der Waals surface area (Å²) < 4.78 is 53.6. The van der Waals surface area contributed by atoms with E-state index in [1.165, 1.54) is 73.6 Å². The average molecular weight is 1300 g/mol. The van der Waals surface area contributed by atoms with Gasteiger partial charge in [-0.15, -0.1) is 22.7 Å². The van der Waals surface area contributed by atoms with Crippen molar-refractivity contribution in [3.8, 4) is 34.8 Å². The molecule has 90 heavy (non-hydrogen) atoms. The van der Waals surface area contributed by atoms with Crippen LogP contribution in [0.3, 0.4) is 0 Å². The maximum absolute atomic E-state index is 13.6. The molecular weight excluding hydrogens is 1230 g/mol. The predicted octanol–water partition coefficient (Wildman–Crippen LogP) is 7.27. The van der Waals surface area contributed by atoms with Gasteiger partial charge in [0.2, 0.25) is 32.7 Å². The Balaban J connectivity index is 0.957. The second-order valence-corrected chi connectivity index (χ2v) is 25.1. The molecule has 3 heterocycles. The van der Waals surface area contributed by atoms with Crippen molar-refractivity contribution in [3.63, 3.8) is 0 Å². The van der Waals surface area contributed by atoms with E-state index in [-0.39, 0.29) is 105 Å². The molecular formula is C61H70N8O18S3. The SMILES string of the molecule is COc1cc2sc(C(=O)N(C)CCC(=O)O)cc2cc1OCCCOc1cc2cc(C(=O)CCC(=O)O)sc2cc1OC(=O)N(C)CCN(C)C(=O)OCc1ccc(NC(=O)[C@H](C)NC(=O)[C@@H](NC(=O)CCCC#Cc2cnc(S(C)(=O)=O)nc2)C(C)C)cc1. The Morgan fingerprint density at radius 2 is 1.26 bits per heavy atom. The van der Waals surface area contributed by atoms with E-state index >= 15 is 0 Å². The number of carboxylic acid groups (broad SMARTS) is 2. The normalized spacial score (nSPS) is 11.7. The number of aromatic nitrogens is 2. The Bertz CT molecular complexity index is 3780. The number of thiophene rings is 2. The van der Waals surface area contributed by atoms with Gasteiger partial charge in [0.25, 0.3) is 5.91 Å². The number of fused-ring (bicyclic) bond motifs is 2. The minimum absolute atomic E-state index is 0.00787. The summed E-state index contributed by atoms with van der Waals surface area (Å²) in [5.74, 6) is 2.12. The van der Waals surface area contributed by atoms with Gasteiger partial charge in [-0.25, -0.2) is 28.0 Å². The number of nitrogens with one attached hydrogen (secondary N) is 3. The Kier molecular flexibility index (Phi) is 25.3. The zero-order chi connectivity index (χ0) is 65.8. The lowest BCUT2D eigenvalue weighted by molar-refractivity contribution is -0.138. The van der Waals surface area contributed by atoms with Gasteiger partial charge in [0.1, 0.15) is 18.7 Å². The van der Waals surface area contributed by atoms with E-state index in [9.17, 15) is 51.6 Å². The molecule has 6 rings (SSSR count). The van der Waals surface area contributed by atoms with Gasteiger partial charge in [0.05, 0.1) is 48.5 Å². The zero-order valence-electron chi connectivity index (χ0n) is 50.7. The lowest BCUT2D eigenvalue weighted by atomic mass is 10.0. The van der Waals surface area contributed by atoms with Gasteiger partial charge < -0.3 is 64.5 Å². The minimum Gasteiger partial charge on any atom is -0.493 e. The average Bonchev–Trinajstić information content (AvgIpc) is 1.68. The molecule has 6 amide bonds. The van der Waals surface area contributed by atoms with Gasteiger partial charge in [0, 0.05) is 112 Å². The Labute approximate surface area is 527 Å². The molecule has 29 heteroatoms. The maximum atomic E-state index is 13.6. The molecule has 0 radical (unpaired) electrons. The van der Waals surface area contributed by atoms with Gasteiger partial charge >= 0.3 is 24.1 Å². The van der Waals surface area contributed by atoms with Crippen molar-refractivity contribution < 1.29 is 85.5 Å². The monoisotopic (exact) mass is 1300 g/mol. The number of benzene rings is 3. The van der Waals surface area contributed by atoms with Crippen LogP contribution in [0.15, 0.2) is 78.2 Å². The highest BCUT2D eigenvalue weighted by Crippen LogP contribution is 2.39. The molecule has 2 atom stereocenters. The number of nitrogens with zero attached hydrogens (tertiary/aromatic N) is 5. The fourth-order valence-corrected chi connectivity index (χ4v) is 10.8. The van der Waals surface area contributed by atoms with Gasteiger partial charge in [-0.3, -0.25) is 33.6 Å². The first-order chi connectivity index (χ1) is 42.7. The number of rotatable bonds is 31. The topological polar surface area (TPSA) is 346 Å². The summed E-state index contributed by atoms with van der Waals surface area (Å²) >= 11 is 2.34. The third-order valence-corrected chi connectivity index (χ3v) is 16.4. The van der Waals surface area contributed by atoms with E-state index in [0.29, 0.717) is 67.4 Å². The molecule has 5 N–H and O–H groups in total. The second kappa shape index (κ2) is 32.7. The number of hydrogen-bond donors (Lipinski definition) is 5. The van der Waals surface area contributed by atoms with Crippen LogP contribution in [0, 0.1) is 17.8 Å². The molecule has 0 unspecified atom stereocenters. The van der Waals surface area contributed by atoms with Gasteiger partial charge in [-0.05, 0) is 72.0 Å². The summed E-state index contributed by atoms with van der Waals surface area (Å²) in [6.07, 6.45) is 2.47. The number of carbonyl (C=O) groups is 9. The van der Waals surface area contributed by atoms with Crippen LogP contribution in [0.5, 0.6) is 23.0 Å². The highest BCUT2D eigenvalue weighted by molar-refractivity contribution is 7.90. The van der Waals surface area contributed by atoms with Crippen LogP contribution in [0.1, 0.15) is 96.2 Å². The number of carboxylic acids is 2. The summed E-state index contributed by atoms with van der Waals surface area (Å²) in [5, 5.41) is 27.3. The smallest absolute Gasteiger partial charge is 0.415 e. The number of unbranched alkanes of at least 4 members (excludes halogenated alkanes) is 1. The molecule has 0 fully saturated rings. The van der Waals surface area contributed by atoms with Crippen LogP contribution in [0.2, 0.25) is 0 Å². The van der Waals surface area contributed by atoms with E-state index in [1.54, 1.807) is 74.5 Å². The van der Waals surface area contributed by atoms with Crippen molar-refractivity contribution in [2.24, 2.45) is 5.92 Å². The van der Waals surface area contributed by atoms with Crippen LogP contribution < -0.4 is 34.9 Å². The summed E-state index contributed by atoms with van der Waals surface area (Å²) in [7, 11) is 2.43. The fraction of sp³-hybridized carbons (Fsp3) is 0.393. The number of ketones is 1. The molecule has 0 saturated heterocycles. The number of ether oxygens (including phenoxy) is 5. The van der Waals surface area contributed by atoms with Crippen molar-refractivity contribution in [1.82, 2.24) is 35.3 Å². The maximum Gasteiger partial charge on any atom is 0.415 e. The third-order valence-electron chi connectivity index (χ3n) is 13.3. The van der Waals surface area contributed by atoms with Crippen molar-refractivity contribution in [2.45, 2.75) is 89.6 Å². The number of anilines is 1. The molecule has 0 aliphatic carbocycles. The van der Waals surface area contributed by atoms with Crippen molar-refractivity contribution >= 4 is 112 Å². The largest absolute Gasteiger partial charge is 0.493 e. The quantitative estimate of drug-likeness (QED) is 0.0124. The molecule has 26 nitrogen and oxygen atoms in total. The van der Waals surface area contributed by atoms with Gasteiger partial charge in [-0.2, -0.15) is 0 Å². The zero-order valence-corrected chi connectivity index (χ0v) is 53.2. The number of aliphatic carboxylic acids is 2. The van der Waals surface area contributed by atoms with E-state index in [2.05, 4.69) is 37.8 Å². The van der Waals surface area contributed by atoms with E-state index in [1.807, 2.05) is 0 Å². The molecule has 0 aliphatic heterocycles. The number of carbonyl (C=O) groups excluding carboxylic acids is 7. The Hall–Kier alpha value is -9.40. The Morgan fingerprint density at radius 1 is 0.667 bits per heavy atom. The van der Waals surface area contributed by atoms with Crippen molar-refractivity contribution in [2.75, 3.05) is 72.7 Å². The number of likely N-dealkylation sites (N-methyl/N-ethyl adjacent to an activating group) is 2. The van der Waals surface area contributed by atoms with Crippen molar-refractivity contribution in [1.29, 1.82) is 0 Å². The van der Waals surface area contributed by atoms with E-state index in [0.717, 1.165) is 27.7 Å². The predicted molar refractivity (Wildman–Crippen MR) is 333 cm³/mol. The highest BCUT2D eigenvalue weighted by atomic mass is 32.2. The number of Topliss-reactive ketones (excluding diaryl/α,β-unsaturated/α-hetero) is 1. The lowest BCUT2D eigenvalue weighted by Gasteiger charge is -2.24. The summed E-state index contributed by atoms with van der Waals surface area (Å²) in [4.78, 5) is 126. The number of hydrogen-bond acceptors (Lipinski definition) is 20. The summed E-state index contributed by atoms with van der Waals surface area (Å²) in [6, 6.07) is 14.5. The molecule has 480 valence electrons. The molecule has 0 bridgehead atoms. The number of amides is 6. The molecule has 0 aliphatic rings. The third kappa shape index (κ3) is 20.9. The van der Waals surface area contributed by atoms with Gasteiger partial charge in [0.15, 0.2) is 28.8 Å². The van der Waals surface area contributed by atoms with E-state index in [4.69, 9.17) is 33.9 Å². The van der Waals surface area contributed by atoms with Crippen LogP contribution in [0.25, 0.3) is 20.2 Å². The molecule has 6 aromatic rings. The fourth-order valence-electron chi connectivity index (χ4n) is 8.19. The lowest BCUT2D eigenvalue weighted by Crippen LogP contribution is -2.53. The summed E-state index contributed by atoms with van der Waals surface area (Å²) in [5.41, 5.74) is 1.40. The first-order valence-electron chi connectivity index (χ1n) is 28.2. The summed E-state index contributed by atoms with van der Waals surface area (Å²) in [6.45, 7) is 5.18. The van der Waals surface area contributed by atoms with E-state index < -0.39 is 57.9 Å². The number of methoxy groups -OCH3 is 1. The second-order valence-electron chi connectivity index (χ2n) is 21.0. The van der Waals surface area contributed by atoms with Crippen LogP contribution in [-0.2, 0) is 45.2 Å². The first kappa shape index (κ1) is 69.7. The molecule has 3 aromatic heterocycles. The van der Waals surface area contributed by atoms with Gasteiger partial charge in [-0.1, -0.05) is 37.8 Å². The first-order valence-corrected chi connectivity index (χ1v) is 31.7. The molecule has 3 aromatic carbocycles. The Morgan fingerprint density at radius 3 is 1.86 bits per heavy atom. The van der Waals surface area contributed by atoms with Crippen LogP contribution in [0.4, 0.5) is 15.3 Å². The van der Waals surface area contributed by atoms with Crippen molar-refractivity contribution in [3.05, 3.63) is 93.9 Å².